The van der Waals surface area contributed by atoms with Crippen molar-refractivity contribution in [2.24, 2.45) is 5.10 Å². The molecule has 4 aromatic rings. The summed E-state index contributed by atoms with van der Waals surface area (Å²) in [5.41, 5.74) is 7.98. The summed E-state index contributed by atoms with van der Waals surface area (Å²) < 4.78 is 7.49. The molecule has 2 N–H and O–H groups in total. The van der Waals surface area contributed by atoms with Gasteiger partial charge in [0.1, 0.15) is 5.75 Å². The maximum absolute atomic E-state index is 12.2. The van der Waals surface area contributed by atoms with Crippen LogP contribution in [0, 0.1) is 13.8 Å². The second-order valence-corrected chi connectivity index (χ2v) is 8.51. The fourth-order valence-electron chi connectivity index (χ4n) is 3.86. The molecule has 0 unspecified atom stereocenters. The van der Waals surface area contributed by atoms with Crippen LogP contribution in [-0.2, 0) is 4.79 Å². The molecule has 182 valence electrons. The molecule has 0 fully saturated rings. The van der Waals surface area contributed by atoms with Gasteiger partial charge in [-0.1, -0.05) is 54.1 Å². The lowest BCUT2D eigenvalue weighted by Gasteiger charge is -2.11. The van der Waals surface area contributed by atoms with Crippen molar-refractivity contribution in [3.05, 3.63) is 106 Å². The lowest BCUT2D eigenvalue weighted by molar-refractivity contribution is -0.123. The van der Waals surface area contributed by atoms with Crippen molar-refractivity contribution >= 4 is 29.7 Å². The number of halogens is 1. The average molecular weight is 502 g/mol. The number of carboxylic acids is 1. The van der Waals surface area contributed by atoms with E-state index in [0.717, 1.165) is 33.8 Å². The van der Waals surface area contributed by atoms with Gasteiger partial charge in [-0.2, -0.15) is 5.10 Å². The van der Waals surface area contributed by atoms with E-state index in [2.05, 4.69) is 10.5 Å². The largest absolute Gasteiger partial charge is 0.484 e. The Labute approximate surface area is 213 Å². The summed E-state index contributed by atoms with van der Waals surface area (Å²) in [7, 11) is 0. The SMILES string of the molecule is Cc1cc(/C=N/NC(=O)COc2ccc(-c3ccccc3)cc2)c(C)n1-c1ccc(C(=O)O)c(Cl)c1. The van der Waals surface area contributed by atoms with Crippen LogP contribution >= 0.6 is 11.6 Å². The van der Waals surface area contributed by atoms with E-state index in [1.54, 1.807) is 18.3 Å². The maximum atomic E-state index is 12.2. The van der Waals surface area contributed by atoms with Gasteiger partial charge in [0.2, 0.25) is 0 Å². The molecule has 0 aliphatic rings. The van der Waals surface area contributed by atoms with Crippen LogP contribution in [0.25, 0.3) is 16.8 Å². The summed E-state index contributed by atoms with van der Waals surface area (Å²) in [6.07, 6.45) is 1.55. The molecule has 0 spiro atoms. The minimum atomic E-state index is -1.08. The number of carboxylic acid groups (broad SMARTS) is 1. The van der Waals surface area contributed by atoms with E-state index >= 15 is 0 Å². The maximum Gasteiger partial charge on any atom is 0.337 e. The number of benzene rings is 3. The molecule has 1 aromatic heterocycles. The number of rotatable bonds is 8. The standard InChI is InChI=1S/C28H24ClN3O4/c1-18-14-22(19(2)32(18)23-10-13-25(28(34)35)26(29)15-23)16-30-31-27(33)17-36-24-11-8-21(9-12-24)20-6-4-3-5-7-20/h3-16H,17H2,1-2H3,(H,31,33)(H,34,35)/b30-16+. The van der Waals surface area contributed by atoms with E-state index in [9.17, 15) is 14.7 Å². The quantitative estimate of drug-likeness (QED) is 0.241. The predicted molar refractivity (Wildman–Crippen MR) is 140 cm³/mol. The minimum Gasteiger partial charge on any atom is -0.484 e. The summed E-state index contributed by atoms with van der Waals surface area (Å²) in [6.45, 7) is 3.64. The zero-order chi connectivity index (χ0) is 25.7. The van der Waals surface area contributed by atoms with Crippen LogP contribution in [0.5, 0.6) is 5.75 Å². The molecule has 0 saturated carbocycles. The zero-order valence-electron chi connectivity index (χ0n) is 19.7. The molecule has 1 amide bonds. The first-order valence-electron chi connectivity index (χ1n) is 11.2. The Bertz CT molecular complexity index is 1430. The van der Waals surface area contributed by atoms with Gasteiger partial charge in [0.15, 0.2) is 6.61 Å². The Hall–Kier alpha value is -4.36. The van der Waals surface area contributed by atoms with Gasteiger partial charge in [0.05, 0.1) is 16.8 Å². The summed E-state index contributed by atoms with van der Waals surface area (Å²) in [5, 5.41) is 13.4. The fourth-order valence-corrected chi connectivity index (χ4v) is 4.12. The number of nitrogens with zero attached hydrogens (tertiary/aromatic N) is 2. The second kappa shape index (κ2) is 10.9. The van der Waals surface area contributed by atoms with Crippen LogP contribution in [0.4, 0.5) is 0 Å². The molecule has 36 heavy (non-hydrogen) atoms. The number of ether oxygens (including phenoxy) is 1. The number of hydrogen-bond donors (Lipinski definition) is 2. The number of hydrogen-bond acceptors (Lipinski definition) is 4. The van der Waals surface area contributed by atoms with Crippen molar-refractivity contribution in [1.82, 2.24) is 9.99 Å². The molecule has 8 heteroatoms. The van der Waals surface area contributed by atoms with E-state index in [1.807, 2.05) is 79.1 Å². The molecular formula is C28H24ClN3O4. The minimum absolute atomic E-state index is 0.0433. The molecule has 0 bridgehead atoms. The number of aromatic carboxylic acids is 1. The highest BCUT2D eigenvalue weighted by Gasteiger charge is 2.14. The van der Waals surface area contributed by atoms with E-state index in [1.165, 1.54) is 6.07 Å². The van der Waals surface area contributed by atoms with Crippen molar-refractivity contribution in [1.29, 1.82) is 0 Å². The number of amides is 1. The number of carbonyl (C=O) groups excluding carboxylic acids is 1. The lowest BCUT2D eigenvalue weighted by Crippen LogP contribution is -2.24. The van der Waals surface area contributed by atoms with E-state index < -0.39 is 5.97 Å². The molecule has 0 atom stereocenters. The van der Waals surface area contributed by atoms with Gasteiger partial charge in [-0.15, -0.1) is 0 Å². The highest BCUT2D eigenvalue weighted by molar-refractivity contribution is 6.33. The fraction of sp³-hybridized carbons (Fsp3) is 0.107. The summed E-state index contributed by atoms with van der Waals surface area (Å²) in [6, 6.07) is 24.2. The van der Waals surface area contributed by atoms with Gasteiger partial charge >= 0.3 is 5.97 Å². The number of nitrogens with one attached hydrogen (secondary N) is 1. The molecule has 0 aliphatic carbocycles. The smallest absolute Gasteiger partial charge is 0.337 e. The first kappa shape index (κ1) is 24.8. The Morgan fingerprint density at radius 3 is 2.36 bits per heavy atom. The first-order valence-corrected chi connectivity index (χ1v) is 11.5. The Morgan fingerprint density at radius 1 is 1.00 bits per heavy atom. The van der Waals surface area contributed by atoms with Crippen molar-refractivity contribution in [3.8, 4) is 22.6 Å². The molecule has 0 saturated heterocycles. The average Bonchev–Trinajstić information content (AvgIpc) is 3.16. The highest BCUT2D eigenvalue weighted by Crippen LogP contribution is 2.25. The Morgan fingerprint density at radius 2 is 1.69 bits per heavy atom. The predicted octanol–water partition coefficient (Wildman–Crippen LogP) is 5.64. The van der Waals surface area contributed by atoms with Crippen molar-refractivity contribution in [2.75, 3.05) is 6.61 Å². The molecule has 0 aliphatic heterocycles. The van der Waals surface area contributed by atoms with Crippen LogP contribution in [-0.4, -0.2) is 34.4 Å². The third kappa shape index (κ3) is 5.64. The molecular weight excluding hydrogens is 478 g/mol. The summed E-state index contributed by atoms with van der Waals surface area (Å²) in [4.78, 5) is 23.4. The molecule has 7 nitrogen and oxygen atoms in total. The van der Waals surface area contributed by atoms with E-state index in [4.69, 9.17) is 16.3 Å². The van der Waals surface area contributed by atoms with Gasteiger partial charge in [-0.05, 0) is 61.4 Å². The summed E-state index contributed by atoms with van der Waals surface area (Å²) >= 11 is 6.13. The molecule has 4 rings (SSSR count). The third-order valence-electron chi connectivity index (χ3n) is 5.64. The van der Waals surface area contributed by atoms with Gasteiger partial charge in [0.25, 0.3) is 5.91 Å². The molecule has 3 aromatic carbocycles. The van der Waals surface area contributed by atoms with Gasteiger partial charge in [0, 0.05) is 22.6 Å². The van der Waals surface area contributed by atoms with E-state index in [-0.39, 0.29) is 23.1 Å². The van der Waals surface area contributed by atoms with E-state index in [0.29, 0.717) is 5.75 Å². The summed E-state index contributed by atoms with van der Waals surface area (Å²) in [5.74, 6) is -0.877. The third-order valence-corrected chi connectivity index (χ3v) is 5.95. The van der Waals surface area contributed by atoms with Crippen molar-refractivity contribution in [2.45, 2.75) is 13.8 Å². The molecule has 1 heterocycles. The molecule has 0 radical (unpaired) electrons. The van der Waals surface area contributed by atoms with Crippen molar-refractivity contribution in [3.63, 3.8) is 0 Å². The Kier molecular flexibility index (Phi) is 7.51. The number of aryl methyl sites for hydroxylation is 1. The normalized spacial score (nSPS) is 11.0. The topological polar surface area (TPSA) is 92.9 Å². The number of carbonyl (C=O) groups is 2. The van der Waals surface area contributed by atoms with Crippen LogP contribution in [0.15, 0.2) is 84.0 Å². The monoisotopic (exact) mass is 501 g/mol. The second-order valence-electron chi connectivity index (χ2n) is 8.10. The Balaban J connectivity index is 1.35. The number of aromatic nitrogens is 1. The van der Waals surface area contributed by atoms with Crippen molar-refractivity contribution < 1.29 is 19.4 Å². The van der Waals surface area contributed by atoms with Gasteiger partial charge in [-0.3, -0.25) is 4.79 Å². The van der Waals surface area contributed by atoms with Crippen LogP contribution in [0.3, 0.4) is 0 Å². The van der Waals surface area contributed by atoms with Crippen LogP contribution in [0.1, 0.15) is 27.3 Å². The lowest BCUT2D eigenvalue weighted by atomic mass is 10.1. The van der Waals surface area contributed by atoms with Crippen LogP contribution < -0.4 is 10.2 Å². The van der Waals surface area contributed by atoms with Crippen LogP contribution in [0.2, 0.25) is 5.02 Å². The van der Waals surface area contributed by atoms with Gasteiger partial charge in [-0.25, -0.2) is 10.2 Å². The first-order chi connectivity index (χ1) is 17.3. The highest BCUT2D eigenvalue weighted by atomic mass is 35.5. The van der Waals surface area contributed by atoms with Gasteiger partial charge < -0.3 is 14.4 Å². The number of hydrazone groups is 1. The zero-order valence-corrected chi connectivity index (χ0v) is 20.5.